The number of hydrogen-bond donors (Lipinski definition) is 1. The first-order valence-electron chi connectivity index (χ1n) is 9.42. The molecule has 0 spiro atoms. The van der Waals surface area contributed by atoms with Gasteiger partial charge in [0.1, 0.15) is 15.7 Å². The number of carbonyl (C=O) groups is 1. The molecule has 3 heterocycles. The normalized spacial score (nSPS) is 19.2. The summed E-state index contributed by atoms with van der Waals surface area (Å²) in [6.45, 7) is 8.40. The predicted molar refractivity (Wildman–Crippen MR) is 108 cm³/mol. The third-order valence-corrected chi connectivity index (χ3v) is 7.48. The van der Waals surface area contributed by atoms with Gasteiger partial charge in [0, 0.05) is 35.4 Å². The summed E-state index contributed by atoms with van der Waals surface area (Å²) in [6, 6.07) is 1.17. The SMILES string of the molecule is Cc1nc(SCC(=O)NC2CCN(C3CC3)CC2)c2c(C)c(C)sc2n1. The molecule has 2 aromatic heterocycles. The molecule has 1 saturated carbocycles. The average Bonchev–Trinajstić information content (AvgIpc) is 3.41. The Bertz CT molecular complexity index is 823. The summed E-state index contributed by atoms with van der Waals surface area (Å²) in [5.41, 5.74) is 1.24. The number of aryl methyl sites for hydroxylation is 3. The molecule has 1 saturated heterocycles. The second kappa shape index (κ2) is 7.44. The van der Waals surface area contributed by atoms with Gasteiger partial charge in [-0.25, -0.2) is 9.97 Å². The van der Waals surface area contributed by atoms with E-state index in [9.17, 15) is 4.79 Å². The van der Waals surface area contributed by atoms with Gasteiger partial charge in [-0.2, -0.15) is 0 Å². The number of amides is 1. The molecule has 7 heteroatoms. The van der Waals surface area contributed by atoms with E-state index in [2.05, 4.69) is 34.0 Å². The zero-order chi connectivity index (χ0) is 18.3. The number of hydrogen-bond acceptors (Lipinski definition) is 6. The van der Waals surface area contributed by atoms with E-state index < -0.39 is 0 Å². The summed E-state index contributed by atoms with van der Waals surface area (Å²) in [6.07, 6.45) is 4.88. The molecular formula is C19H26N4OS2. The number of aromatic nitrogens is 2. The topological polar surface area (TPSA) is 58.1 Å². The van der Waals surface area contributed by atoms with Crippen molar-refractivity contribution in [2.75, 3.05) is 18.8 Å². The van der Waals surface area contributed by atoms with Crippen molar-refractivity contribution < 1.29 is 4.79 Å². The lowest BCUT2D eigenvalue weighted by Gasteiger charge is -2.32. The first-order chi connectivity index (χ1) is 12.5. The molecule has 2 fully saturated rings. The van der Waals surface area contributed by atoms with Crippen LogP contribution in [0.1, 0.15) is 41.9 Å². The van der Waals surface area contributed by atoms with E-state index in [0.29, 0.717) is 11.8 Å². The van der Waals surface area contributed by atoms with Gasteiger partial charge in [-0.1, -0.05) is 11.8 Å². The van der Waals surface area contributed by atoms with E-state index in [1.807, 2.05) is 6.92 Å². The van der Waals surface area contributed by atoms with Crippen LogP contribution in [-0.2, 0) is 4.79 Å². The van der Waals surface area contributed by atoms with Gasteiger partial charge in [0.25, 0.3) is 0 Å². The maximum atomic E-state index is 12.4. The number of nitrogens with one attached hydrogen (secondary N) is 1. The smallest absolute Gasteiger partial charge is 0.230 e. The van der Waals surface area contributed by atoms with Crippen LogP contribution in [0, 0.1) is 20.8 Å². The fourth-order valence-electron chi connectivity index (χ4n) is 3.67. The van der Waals surface area contributed by atoms with Crippen molar-refractivity contribution in [1.29, 1.82) is 0 Å². The Balaban J connectivity index is 1.35. The van der Waals surface area contributed by atoms with Crippen LogP contribution in [0.2, 0.25) is 0 Å². The minimum Gasteiger partial charge on any atom is -0.353 e. The molecule has 1 aliphatic heterocycles. The summed E-state index contributed by atoms with van der Waals surface area (Å²) < 4.78 is 0. The number of nitrogens with zero attached hydrogens (tertiary/aromatic N) is 3. The molecule has 140 valence electrons. The Morgan fingerprint density at radius 3 is 2.62 bits per heavy atom. The van der Waals surface area contributed by atoms with Crippen LogP contribution < -0.4 is 5.32 Å². The van der Waals surface area contributed by atoms with Gasteiger partial charge in [0.2, 0.25) is 5.91 Å². The highest BCUT2D eigenvalue weighted by Gasteiger charge is 2.32. The Morgan fingerprint density at radius 2 is 1.92 bits per heavy atom. The summed E-state index contributed by atoms with van der Waals surface area (Å²) in [5, 5.41) is 5.28. The van der Waals surface area contributed by atoms with Crippen molar-refractivity contribution >= 4 is 39.2 Å². The van der Waals surface area contributed by atoms with Crippen LogP contribution in [0.25, 0.3) is 10.2 Å². The minimum absolute atomic E-state index is 0.119. The zero-order valence-corrected chi connectivity index (χ0v) is 17.3. The highest BCUT2D eigenvalue weighted by molar-refractivity contribution is 8.00. The van der Waals surface area contributed by atoms with E-state index in [1.54, 1.807) is 11.3 Å². The van der Waals surface area contributed by atoms with E-state index in [-0.39, 0.29) is 5.91 Å². The summed E-state index contributed by atoms with van der Waals surface area (Å²) in [4.78, 5) is 26.5. The molecule has 5 nitrogen and oxygen atoms in total. The maximum Gasteiger partial charge on any atom is 0.230 e. The lowest BCUT2D eigenvalue weighted by molar-refractivity contribution is -0.119. The van der Waals surface area contributed by atoms with Crippen molar-refractivity contribution in [1.82, 2.24) is 20.2 Å². The number of rotatable bonds is 5. The highest BCUT2D eigenvalue weighted by atomic mass is 32.2. The van der Waals surface area contributed by atoms with E-state index >= 15 is 0 Å². The number of likely N-dealkylation sites (tertiary alicyclic amines) is 1. The summed E-state index contributed by atoms with van der Waals surface area (Å²) in [7, 11) is 0. The second-order valence-corrected chi connectivity index (χ2v) is 9.60. The van der Waals surface area contributed by atoms with Crippen LogP contribution >= 0.6 is 23.1 Å². The molecule has 2 aromatic rings. The zero-order valence-electron chi connectivity index (χ0n) is 15.7. The van der Waals surface area contributed by atoms with Gasteiger partial charge < -0.3 is 10.2 Å². The molecule has 1 amide bonds. The lowest BCUT2D eigenvalue weighted by Crippen LogP contribution is -2.45. The highest BCUT2D eigenvalue weighted by Crippen LogP contribution is 2.35. The predicted octanol–water partition coefficient (Wildman–Crippen LogP) is 3.45. The Morgan fingerprint density at radius 1 is 1.19 bits per heavy atom. The molecular weight excluding hydrogens is 364 g/mol. The molecule has 4 rings (SSSR count). The van der Waals surface area contributed by atoms with Crippen molar-refractivity contribution in [2.24, 2.45) is 0 Å². The summed E-state index contributed by atoms with van der Waals surface area (Å²) in [5.74, 6) is 1.31. The van der Waals surface area contributed by atoms with Crippen LogP contribution in [0.15, 0.2) is 5.03 Å². The van der Waals surface area contributed by atoms with Crippen molar-refractivity contribution in [3.8, 4) is 0 Å². The summed E-state index contributed by atoms with van der Waals surface area (Å²) >= 11 is 3.24. The van der Waals surface area contributed by atoms with Gasteiger partial charge in [-0.15, -0.1) is 11.3 Å². The molecule has 2 aliphatic rings. The number of fused-ring (bicyclic) bond motifs is 1. The van der Waals surface area contributed by atoms with Gasteiger partial charge in [-0.05, 0) is 52.0 Å². The van der Waals surface area contributed by atoms with Crippen LogP contribution in [0.5, 0.6) is 0 Å². The van der Waals surface area contributed by atoms with Crippen molar-refractivity contribution in [2.45, 2.75) is 63.6 Å². The average molecular weight is 391 g/mol. The van der Waals surface area contributed by atoms with Crippen LogP contribution in [0.3, 0.4) is 0 Å². The first kappa shape index (κ1) is 18.2. The number of thioether (sulfide) groups is 1. The molecule has 0 unspecified atom stereocenters. The lowest BCUT2D eigenvalue weighted by atomic mass is 10.1. The van der Waals surface area contributed by atoms with Gasteiger partial charge in [0.05, 0.1) is 5.75 Å². The number of thiophene rings is 1. The molecule has 0 aromatic carbocycles. The van der Waals surface area contributed by atoms with Crippen LogP contribution in [0.4, 0.5) is 0 Å². The molecule has 0 bridgehead atoms. The fraction of sp³-hybridized carbons (Fsp3) is 0.632. The van der Waals surface area contributed by atoms with E-state index in [0.717, 1.165) is 53.0 Å². The Labute approximate surface area is 163 Å². The molecule has 26 heavy (non-hydrogen) atoms. The number of piperidine rings is 1. The van der Waals surface area contributed by atoms with Gasteiger partial charge >= 0.3 is 0 Å². The van der Waals surface area contributed by atoms with Crippen molar-refractivity contribution in [3.05, 3.63) is 16.3 Å². The molecule has 1 aliphatic carbocycles. The minimum atomic E-state index is 0.119. The second-order valence-electron chi connectivity index (χ2n) is 7.44. The quantitative estimate of drug-likeness (QED) is 0.626. The Kier molecular flexibility index (Phi) is 5.21. The van der Waals surface area contributed by atoms with E-state index in [4.69, 9.17) is 0 Å². The van der Waals surface area contributed by atoms with Crippen LogP contribution in [-0.4, -0.2) is 51.7 Å². The largest absolute Gasteiger partial charge is 0.353 e. The third-order valence-electron chi connectivity index (χ3n) is 5.41. The fourth-order valence-corrected chi connectivity index (χ4v) is 5.75. The van der Waals surface area contributed by atoms with Crippen molar-refractivity contribution in [3.63, 3.8) is 0 Å². The van der Waals surface area contributed by atoms with E-state index in [1.165, 1.54) is 35.0 Å². The molecule has 0 atom stereocenters. The molecule has 1 N–H and O–H groups in total. The maximum absolute atomic E-state index is 12.4. The third kappa shape index (κ3) is 3.89. The van der Waals surface area contributed by atoms with Gasteiger partial charge in [-0.3, -0.25) is 4.79 Å². The monoisotopic (exact) mass is 390 g/mol. The van der Waals surface area contributed by atoms with Gasteiger partial charge in [0.15, 0.2) is 0 Å². The first-order valence-corrected chi connectivity index (χ1v) is 11.2. The number of carbonyl (C=O) groups excluding carboxylic acids is 1. The Hall–Kier alpha value is -1.18. The molecule has 0 radical (unpaired) electrons. The standard InChI is InChI=1S/C19H26N4OS2/c1-11-12(2)26-19-17(11)18(20-13(3)21-19)25-10-16(24)22-14-6-8-23(9-7-14)15-4-5-15/h14-15H,4-10H2,1-3H3,(H,22,24).